The summed E-state index contributed by atoms with van der Waals surface area (Å²) < 4.78 is 49.9. The van der Waals surface area contributed by atoms with Gasteiger partial charge in [0.25, 0.3) is 0 Å². The lowest BCUT2D eigenvalue weighted by Crippen LogP contribution is -2.12. The molecule has 3 nitrogen and oxygen atoms in total. The van der Waals surface area contributed by atoms with Crippen molar-refractivity contribution in [2.45, 2.75) is 46.4 Å². The summed E-state index contributed by atoms with van der Waals surface area (Å²) >= 11 is 0. The number of alkyl halides is 3. The van der Waals surface area contributed by atoms with Crippen LogP contribution in [-0.2, 0) is 10.9 Å². The number of ether oxygens (including phenoxy) is 2. The number of aryl methyl sites for hydroxylation is 2. The summed E-state index contributed by atoms with van der Waals surface area (Å²) in [5, 5.41) is 0. The molecule has 34 heavy (non-hydrogen) atoms. The van der Waals surface area contributed by atoms with E-state index in [9.17, 15) is 18.0 Å². The quantitative estimate of drug-likeness (QED) is 0.329. The van der Waals surface area contributed by atoms with Gasteiger partial charge >= 0.3 is 12.1 Å². The van der Waals surface area contributed by atoms with E-state index in [-0.39, 0.29) is 6.10 Å². The van der Waals surface area contributed by atoms with E-state index >= 15 is 0 Å². The van der Waals surface area contributed by atoms with Gasteiger partial charge in [0.1, 0.15) is 11.9 Å². The van der Waals surface area contributed by atoms with Crippen molar-refractivity contribution in [3.05, 3.63) is 88.5 Å². The Morgan fingerprint density at radius 3 is 1.94 bits per heavy atom. The average molecular weight is 471 g/mol. The zero-order valence-electron chi connectivity index (χ0n) is 20.0. The van der Waals surface area contributed by atoms with Crippen LogP contribution in [0.2, 0.25) is 0 Å². The van der Waals surface area contributed by atoms with Crippen molar-refractivity contribution in [3.8, 4) is 16.9 Å². The number of hydrogen-bond donors (Lipinski definition) is 0. The summed E-state index contributed by atoms with van der Waals surface area (Å²) in [6.07, 6.45) is -3.81. The molecule has 1 atom stereocenters. The Bertz CT molecular complexity index is 1110. The fraction of sp³-hybridized carbons (Fsp3) is 0.321. The topological polar surface area (TPSA) is 35.5 Å². The van der Waals surface area contributed by atoms with Gasteiger partial charge in [-0.05, 0) is 90.4 Å². The molecule has 0 spiro atoms. The molecule has 3 rings (SSSR count). The SMILES string of the molecule is COC(=O)c1ccc(C(CC(C)C)Oc2cc(C)c(-c3ccc(C(F)(F)F)cc3)c(C)c2)cc1. The van der Waals surface area contributed by atoms with Crippen LogP contribution in [0, 0.1) is 19.8 Å². The molecule has 0 bridgehead atoms. The van der Waals surface area contributed by atoms with Gasteiger partial charge in [-0.3, -0.25) is 0 Å². The summed E-state index contributed by atoms with van der Waals surface area (Å²) in [5.41, 5.74) is 4.21. The number of methoxy groups -OCH3 is 1. The lowest BCUT2D eigenvalue weighted by molar-refractivity contribution is -0.137. The van der Waals surface area contributed by atoms with Crippen molar-refractivity contribution in [3.63, 3.8) is 0 Å². The van der Waals surface area contributed by atoms with Gasteiger partial charge in [0.05, 0.1) is 18.2 Å². The van der Waals surface area contributed by atoms with Crippen LogP contribution in [-0.4, -0.2) is 13.1 Å². The summed E-state index contributed by atoms with van der Waals surface area (Å²) in [7, 11) is 1.35. The predicted octanol–water partition coefficient (Wildman–Crippen LogP) is 7.94. The smallest absolute Gasteiger partial charge is 0.416 e. The van der Waals surface area contributed by atoms with E-state index in [4.69, 9.17) is 9.47 Å². The first-order valence-electron chi connectivity index (χ1n) is 11.1. The Balaban J connectivity index is 1.89. The first kappa shape index (κ1) is 25.3. The van der Waals surface area contributed by atoms with Crippen molar-refractivity contribution < 1.29 is 27.4 Å². The van der Waals surface area contributed by atoms with Gasteiger partial charge in [-0.25, -0.2) is 4.79 Å². The van der Waals surface area contributed by atoms with Crippen LogP contribution in [0.1, 0.15) is 59.0 Å². The van der Waals surface area contributed by atoms with E-state index in [1.165, 1.54) is 19.2 Å². The molecule has 0 aliphatic carbocycles. The van der Waals surface area contributed by atoms with Crippen molar-refractivity contribution in [1.82, 2.24) is 0 Å². The second kappa shape index (κ2) is 10.3. The van der Waals surface area contributed by atoms with E-state index in [0.717, 1.165) is 46.4 Å². The number of halogens is 3. The van der Waals surface area contributed by atoms with Crippen molar-refractivity contribution >= 4 is 5.97 Å². The van der Waals surface area contributed by atoms with Crippen LogP contribution in [0.15, 0.2) is 60.7 Å². The maximum atomic E-state index is 12.9. The molecule has 6 heteroatoms. The first-order chi connectivity index (χ1) is 16.0. The van der Waals surface area contributed by atoms with Crippen LogP contribution in [0.4, 0.5) is 13.2 Å². The highest BCUT2D eigenvalue weighted by atomic mass is 19.4. The molecule has 0 saturated heterocycles. The summed E-state index contributed by atoms with van der Waals surface area (Å²) in [5.74, 6) is 0.672. The summed E-state index contributed by atoms with van der Waals surface area (Å²) in [6, 6.07) is 16.2. The number of carbonyl (C=O) groups excluding carboxylic acids is 1. The highest BCUT2D eigenvalue weighted by Gasteiger charge is 2.30. The van der Waals surface area contributed by atoms with Gasteiger partial charge in [-0.1, -0.05) is 38.1 Å². The molecule has 0 N–H and O–H groups in total. The molecule has 0 saturated carbocycles. The average Bonchev–Trinajstić information content (AvgIpc) is 2.77. The minimum Gasteiger partial charge on any atom is -0.486 e. The monoisotopic (exact) mass is 470 g/mol. The van der Waals surface area contributed by atoms with Crippen LogP contribution in [0.3, 0.4) is 0 Å². The molecular formula is C28H29F3O3. The van der Waals surface area contributed by atoms with Gasteiger partial charge < -0.3 is 9.47 Å². The minimum absolute atomic E-state index is 0.220. The van der Waals surface area contributed by atoms with E-state index < -0.39 is 17.7 Å². The van der Waals surface area contributed by atoms with Crippen molar-refractivity contribution in [1.29, 1.82) is 0 Å². The highest BCUT2D eigenvalue weighted by Crippen LogP contribution is 2.36. The largest absolute Gasteiger partial charge is 0.486 e. The van der Waals surface area contributed by atoms with Crippen molar-refractivity contribution in [2.24, 2.45) is 5.92 Å². The summed E-state index contributed by atoms with van der Waals surface area (Å²) in [6.45, 7) is 8.08. The van der Waals surface area contributed by atoms with Gasteiger partial charge in [-0.2, -0.15) is 13.2 Å². The molecule has 180 valence electrons. The second-order valence-electron chi connectivity index (χ2n) is 8.86. The zero-order chi connectivity index (χ0) is 25.0. The Kier molecular flexibility index (Phi) is 7.70. The Morgan fingerprint density at radius 2 is 1.47 bits per heavy atom. The first-order valence-corrected chi connectivity index (χ1v) is 11.1. The molecule has 0 fully saturated rings. The van der Waals surface area contributed by atoms with Gasteiger partial charge in [0.2, 0.25) is 0 Å². The zero-order valence-corrected chi connectivity index (χ0v) is 20.0. The van der Waals surface area contributed by atoms with Gasteiger partial charge in [0.15, 0.2) is 0 Å². The Morgan fingerprint density at radius 1 is 0.912 bits per heavy atom. The molecule has 3 aromatic carbocycles. The number of esters is 1. The van der Waals surface area contributed by atoms with E-state index in [2.05, 4.69) is 13.8 Å². The molecule has 0 aliphatic heterocycles. The fourth-order valence-electron chi connectivity index (χ4n) is 4.07. The van der Waals surface area contributed by atoms with Crippen LogP contribution < -0.4 is 4.74 Å². The molecule has 0 radical (unpaired) electrons. The standard InChI is InChI=1S/C28H29F3O3/c1-17(2)14-25(20-6-8-22(9-7-20)27(32)33-5)34-24-15-18(3)26(19(4)16-24)21-10-12-23(13-11-21)28(29,30)31/h6-13,15-17,25H,14H2,1-5H3. The normalized spacial score (nSPS) is 12.5. The van der Waals surface area contributed by atoms with Gasteiger partial charge in [0, 0.05) is 0 Å². The Labute approximate surface area is 198 Å². The molecular weight excluding hydrogens is 441 g/mol. The van der Waals surface area contributed by atoms with Crippen molar-refractivity contribution in [2.75, 3.05) is 7.11 Å². The lowest BCUT2D eigenvalue weighted by Gasteiger charge is -2.23. The number of hydrogen-bond acceptors (Lipinski definition) is 3. The van der Waals surface area contributed by atoms with Gasteiger partial charge in [-0.15, -0.1) is 0 Å². The van der Waals surface area contributed by atoms with Crippen LogP contribution in [0.25, 0.3) is 11.1 Å². The molecule has 0 aliphatic rings. The molecule has 3 aromatic rings. The van der Waals surface area contributed by atoms with E-state index in [1.807, 2.05) is 38.1 Å². The third-order valence-electron chi connectivity index (χ3n) is 5.67. The number of carbonyl (C=O) groups is 1. The van der Waals surface area contributed by atoms with Crippen LogP contribution >= 0.6 is 0 Å². The molecule has 0 heterocycles. The predicted molar refractivity (Wildman–Crippen MR) is 127 cm³/mol. The third-order valence-corrected chi connectivity index (χ3v) is 5.67. The highest BCUT2D eigenvalue weighted by molar-refractivity contribution is 5.89. The fourth-order valence-corrected chi connectivity index (χ4v) is 4.07. The second-order valence-corrected chi connectivity index (χ2v) is 8.86. The molecule has 0 aromatic heterocycles. The summed E-state index contributed by atoms with van der Waals surface area (Å²) in [4.78, 5) is 11.7. The maximum absolute atomic E-state index is 12.9. The van der Waals surface area contributed by atoms with Crippen LogP contribution in [0.5, 0.6) is 5.75 Å². The Hall–Kier alpha value is -3.28. The number of benzene rings is 3. The lowest BCUT2D eigenvalue weighted by atomic mass is 9.94. The molecule has 0 amide bonds. The van der Waals surface area contributed by atoms with E-state index in [0.29, 0.717) is 17.2 Å². The number of rotatable bonds is 7. The van der Waals surface area contributed by atoms with E-state index in [1.54, 1.807) is 12.1 Å². The maximum Gasteiger partial charge on any atom is 0.416 e. The molecule has 1 unspecified atom stereocenters. The third kappa shape index (κ3) is 5.99. The minimum atomic E-state index is -4.36.